The Balaban J connectivity index is 1.63. The van der Waals surface area contributed by atoms with Crippen molar-refractivity contribution in [3.05, 3.63) is 41.0 Å². The lowest BCUT2D eigenvalue weighted by molar-refractivity contribution is 0.322. The van der Waals surface area contributed by atoms with Gasteiger partial charge in [0.05, 0.1) is 55.0 Å². The first-order chi connectivity index (χ1) is 27.8. The number of thioether (sulfide) groups is 1. The number of aliphatic hydroxyl groups is 1. The van der Waals surface area contributed by atoms with Gasteiger partial charge in [0, 0.05) is 49.4 Å². The van der Waals surface area contributed by atoms with Gasteiger partial charge in [-0.15, -0.1) is 31.8 Å². The van der Waals surface area contributed by atoms with Gasteiger partial charge in [-0.25, -0.2) is 9.97 Å². The Bertz CT molecular complexity index is 2360. The highest BCUT2D eigenvalue weighted by molar-refractivity contribution is 7.99. The van der Waals surface area contributed by atoms with Crippen molar-refractivity contribution in [2.24, 2.45) is 20.5 Å². The number of nitrogens with one attached hydrogen (secondary N) is 2. The van der Waals surface area contributed by atoms with Crippen molar-refractivity contribution >= 4 is 101 Å². The molecule has 0 aliphatic rings. The van der Waals surface area contributed by atoms with Gasteiger partial charge in [0.25, 0.3) is 0 Å². The highest BCUT2D eigenvalue weighted by atomic mass is 32.3. The number of thiazole rings is 2. The molecule has 58 heavy (non-hydrogen) atoms. The Hall–Kier alpha value is -5.07. The first-order valence-corrected chi connectivity index (χ1v) is 22.1. The van der Waals surface area contributed by atoms with E-state index in [1.807, 2.05) is 38.3 Å². The number of aryl methyl sites for hydroxylation is 2. The topological polar surface area (TPSA) is 237 Å². The molecule has 0 aliphatic carbocycles. The van der Waals surface area contributed by atoms with Crippen LogP contribution in [-0.2, 0) is 10.1 Å². The minimum Gasteiger partial charge on any atom is -0.494 e. The minimum absolute atomic E-state index is 0.0127. The second-order valence-electron chi connectivity index (χ2n) is 12.0. The smallest absolute Gasteiger partial charge is 0.306 e. The van der Waals surface area contributed by atoms with E-state index < -0.39 is 10.1 Å². The summed E-state index contributed by atoms with van der Waals surface area (Å²) in [5.74, 6) is 1.71. The van der Waals surface area contributed by atoms with Crippen LogP contribution in [-0.4, -0.2) is 95.8 Å². The van der Waals surface area contributed by atoms with Crippen LogP contribution in [0.2, 0.25) is 0 Å². The second-order valence-corrected chi connectivity index (χ2v) is 16.5. The molecule has 310 valence electrons. The van der Waals surface area contributed by atoms with Gasteiger partial charge in [0.2, 0.25) is 22.2 Å². The lowest BCUT2D eigenvalue weighted by Crippen LogP contribution is -2.22. The third-order valence-electron chi connectivity index (χ3n) is 8.30. The molecular formula is C35H45N13O6S4. The number of ether oxygens (including phenoxy) is 2. The number of aliphatic hydroxyl groups excluding tert-OH is 1. The molecule has 0 bridgehead atoms. The van der Waals surface area contributed by atoms with E-state index in [0.717, 1.165) is 17.1 Å². The van der Waals surface area contributed by atoms with Crippen LogP contribution in [0.5, 0.6) is 11.5 Å². The van der Waals surface area contributed by atoms with E-state index in [-0.39, 0.29) is 39.2 Å². The number of rotatable bonds is 20. The van der Waals surface area contributed by atoms with Crippen molar-refractivity contribution in [1.29, 1.82) is 0 Å². The number of hydrogen-bond donors (Lipinski definition) is 4. The fraction of sp³-hybridized carbons (Fsp3) is 0.400. The largest absolute Gasteiger partial charge is 0.494 e. The van der Waals surface area contributed by atoms with Crippen LogP contribution in [0.1, 0.15) is 39.1 Å². The highest BCUT2D eigenvalue weighted by Gasteiger charge is 2.21. The van der Waals surface area contributed by atoms with Gasteiger partial charge in [0.15, 0.2) is 9.37 Å². The fourth-order valence-corrected chi connectivity index (χ4v) is 8.45. The van der Waals surface area contributed by atoms with Crippen molar-refractivity contribution in [3.8, 4) is 11.5 Å². The lowest BCUT2D eigenvalue weighted by atomic mass is 10.2. The number of azo groups is 2. The van der Waals surface area contributed by atoms with Crippen LogP contribution in [0.25, 0.3) is 0 Å². The predicted molar refractivity (Wildman–Crippen MR) is 229 cm³/mol. The quantitative estimate of drug-likeness (QED) is 0.0325. The average molecular weight is 872 g/mol. The van der Waals surface area contributed by atoms with Gasteiger partial charge in [0.1, 0.15) is 22.9 Å². The number of hydrogen-bond acceptors (Lipinski definition) is 21. The summed E-state index contributed by atoms with van der Waals surface area (Å²) < 4.78 is 44.6. The Labute approximate surface area is 348 Å². The monoisotopic (exact) mass is 871 g/mol. The van der Waals surface area contributed by atoms with Crippen LogP contribution in [0.15, 0.2) is 59.5 Å². The summed E-state index contributed by atoms with van der Waals surface area (Å²) in [7, 11) is -1.35. The maximum Gasteiger partial charge on any atom is 0.306 e. The van der Waals surface area contributed by atoms with E-state index in [1.165, 1.54) is 30.0 Å². The van der Waals surface area contributed by atoms with E-state index >= 15 is 0 Å². The van der Waals surface area contributed by atoms with Crippen LogP contribution < -0.4 is 29.9 Å². The van der Waals surface area contributed by atoms with Crippen molar-refractivity contribution < 1.29 is 27.6 Å². The first-order valence-electron chi connectivity index (χ1n) is 18.0. The molecule has 0 spiro atoms. The third-order valence-corrected chi connectivity index (χ3v) is 12.5. The Morgan fingerprint density at radius 1 is 0.759 bits per heavy atom. The maximum absolute atomic E-state index is 11.9. The first kappa shape index (κ1) is 44.0. The summed E-state index contributed by atoms with van der Waals surface area (Å²) in [6.45, 7) is 14.1. The molecule has 5 aromatic rings. The molecule has 0 amide bonds. The lowest BCUT2D eigenvalue weighted by Gasteiger charge is -2.25. The Kier molecular flexibility index (Phi) is 15.2. The molecule has 5 rings (SSSR count). The van der Waals surface area contributed by atoms with E-state index in [2.05, 4.69) is 74.7 Å². The Morgan fingerprint density at radius 3 is 1.69 bits per heavy atom. The van der Waals surface area contributed by atoms with E-state index in [0.29, 0.717) is 82.1 Å². The molecule has 3 heterocycles. The number of benzene rings is 2. The van der Waals surface area contributed by atoms with Crippen molar-refractivity contribution in [2.45, 2.75) is 50.9 Å². The molecule has 0 aliphatic heterocycles. The van der Waals surface area contributed by atoms with Crippen LogP contribution in [0.3, 0.4) is 0 Å². The molecule has 19 nitrogen and oxygen atoms in total. The van der Waals surface area contributed by atoms with Gasteiger partial charge in [-0.3, -0.25) is 4.55 Å². The van der Waals surface area contributed by atoms with Gasteiger partial charge in [-0.1, -0.05) is 23.1 Å². The molecule has 0 radical (unpaired) electrons. The SMILES string of the molecule is CCN(CC)c1cc(Nc2nc(Nc3cc(N(CC)CC)c(OC)cc3/N=N/c3nc(C)c(S(=O)(=O)O)s3)nc(SCCO)n2)c(/N=N/c2nc(C)cs2)cc1OC. The molecule has 0 atom stereocenters. The van der Waals surface area contributed by atoms with Crippen molar-refractivity contribution in [3.63, 3.8) is 0 Å². The minimum atomic E-state index is -4.50. The van der Waals surface area contributed by atoms with E-state index in [9.17, 15) is 18.1 Å². The van der Waals surface area contributed by atoms with Gasteiger partial charge < -0.3 is 35.0 Å². The summed E-state index contributed by atoms with van der Waals surface area (Å²) in [5, 5.41) is 36.5. The zero-order valence-corrected chi connectivity index (χ0v) is 36.5. The molecule has 0 saturated heterocycles. The van der Waals surface area contributed by atoms with Crippen molar-refractivity contribution in [1.82, 2.24) is 24.9 Å². The van der Waals surface area contributed by atoms with Gasteiger partial charge >= 0.3 is 10.1 Å². The summed E-state index contributed by atoms with van der Waals surface area (Å²) >= 11 is 3.28. The molecular weight excluding hydrogens is 827 g/mol. The van der Waals surface area contributed by atoms with Crippen LogP contribution in [0.4, 0.5) is 56.3 Å². The summed E-state index contributed by atoms with van der Waals surface area (Å²) in [6.07, 6.45) is 0. The molecule has 23 heteroatoms. The zero-order chi connectivity index (χ0) is 42.0. The zero-order valence-electron chi connectivity index (χ0n) is 33.2. The summed E-state index contributed by atoms with van der Waals surface area (Å²) in [6, 6.07) is 7.19. The number of nitrogens with zero attached hydrogens (tertiary/aromatic N) is 11. The molecule has 0 fully saturated rings. The normalized spacial score (nSPS) is 11.8. The molecule has 3 aromatic heterocycles. The Morgan fingerprint density at radius 2 is 1.28 bits per heavy atom. The third kappa shape index (κ3) is 10.9. The number of methoxy groups -OCH3 is 2. The van der Waals surface area contributed by atoms with Crippen LogP contribution in [0, 0.1) is 13.8 Å². The average Bonchev–Trinajstić information content (AvgIpc) is 3.81. The number of aromatic nitrogens is 5. The molecule has 0 unspecified atom stereocenters. The molecule has 4 N–H and O–H groups in total. The standard InChI is InChI=1S/C35H45N13O6S4/c1-9-47(10-2)26-15-22(24(17-28(26)53-7)43-45-34-36-20(5)19-56-34)38-31-40-32(42-33(41-31)55-14-13-49)39-23-16-27(48(11-3)12-4)29(54-8)18-25(23)44-46-35-37-21(6)30(57-35)58(50,51)52/h15-19,49H,9-14H2,1-8H3,(H,50,51,52)(H2,38,39,40,41,42)/b45-43+,46-44+. The van der Waals surface area contributed by atoms with Crippen LogP contribution >= 0.6 is 34.4 Å². The molecule has 0 saturated carbocycles. The summed E-state index contributed by atoms with van der Waals surface area (Å²) in [5.41, 5.74) is 4.17. The highest BCUT2D eigenvalue weighted by Crippen LogP contribution is 2.43. The predicted octanol–water partition coefficient (Wildman–Crippen LogP) is 8.76. The van der Waals surface area contributed by atoms with Gasteiger partial charge in [-0.2, -0.15) is 23.4 Å². The second kappa shape index (κ2) is 20.1. The van der Waals surface area contributed by atoms with Crippen molar-refractivity contribution in [2.75, 3.05) is 73.2 Å². The molecule has 2 aromatic carbocycles. The van der Waals surface area contributed by atoms with E-state index in [1.54, 1.807) is 26.4 Å². The van der Waals surface area contributed by atoms with Gasteiger partial charge in [-0.05, 0) is 53.7 Å². The van der Waals surface area contributed by atoms with E-state index in [4.69, 9.17) is 14.5 Å². The fourth-order valence-electron chi connectivity index (χ4n) is 5.57. The maximum atomic E-state index is 11.9. The number of anilines is 6. The summed E-state index contributed by atoms with van der Waals surface area (Å²) in [4.78, 5) is 26.8.